The topological polar surface area (TPSA) is 163 Å². The van der Waals surface area contributed by atoms with Gasteiger partial charge in [0.1, 0.15) is 6.10 Å². The van der Waals surface area contributed by atoms with Crippen LogP contribution in [0.4, 0.5) is 0 Å². The molecular formula is C15H22O11. The van der Waals surface area contributed by atoms with E-state index in [4.69, 9.17) is 10.2 Å². The number of ether oxygens (including phenoxy) is 4. The van der Waals surface area contributed by atoms with Crippen molar-refractivity contribution >= 4 is 29.8 Å². The first-order valence-electron chi connectivity index (χ1n) is 7.59. The molecule has 1 saturated heterocycles. The molecule has 0 bridgehead atoms. The summed E-state index contributed by atoms with van der Waals surface area (Å²) in [5, 5.41) is 17.3. The molecule has 0 radical (unpaired) electrons. The minimum absolute atomic E-state index is 0.480. The van der Waals surface area contributed by atoms with Crippen molar-refractivity contribution in [3.63, 3.8) is 0 Å². The smallest absolute Gasteiger partial charge is 0.347 e. The van der Waals surface area contributed by atoms with E-state index >= 15 is 0 Å². The quantitative estimate of drug-likeness (QED) is 0.454. The van der Waals surface area contributed by atoms with E-state index in [1.165, 1.54) is 34.6 Å². The predicted octanol–water partition coefficient (Wildman–Crippen LogP) is -0.821. The van der Waals surface area contributed by atoms with Gasteiger partial charge in [-0.1, -0.05) is 0 Å². The number of esters is 4. The molecule has 5 unspecified atom stereocenters. The molecular weight excluding hydrogens is 356 g/mol. The van der Waals surface area contributed by atoms with Crippen LogP contribution in [0, 0.1) is 0 Å². The summed E-state index contributed by atoms with van der Waals surface area (Å²) >= 11 is 0. The molecule has 0 aliphatic carbocycles. The molecule has 11 heteroatoms. The van der Waals surface area contributed by atoms with Gasteiger partial charge in [0.25, 0.3) is 0 Å². The summed E-state index contributed by atoms with van der Waals surface area (Å²) in [6.07, 6.45) is -5.43. The highest BCUT2D eigenvalue weighted by molar-refractivity contribution is 5.86. The van der Waals surface area contributed by atoms with E-state index in [1.54, 1.807) is 0 Å². The SMILES string of the molecule is CC(O)C(=O)OC(C)C(=O)OC(C)C(=O)O.CC1OC(=O)C(C)OC1=O. The Morgan fingerprint density at radius 2 is 1.27 bits per heavy atom. The number of carboxylic acid groups (broad SMARTS) is 1. The van der Waals surface area contributed by atoms with Crippen LogP contribution in [0.25, 0.3) is 0 Å². The lowest BCUT2D eigenvalue weighted by atomic mass is 10.3. The van der Waals surface area contributed by atoms with Gasteiger partial charge >= 0.3 is 29.8 Å². The van der Waals surface area contributed by atoms with Crippen molar-refractivity contribution in [2.75, 3.05) is 0 Å². The Bertz CT molecular complexity index is 534. The number of cyclic esters (lactones) is 2. The standard InChI is InChI=1S/C9H14O7.C6H8O4/c1-4(10)8(13)16-6(3)9(14)15-5(2)7(11)12;1-3-5(7)10-4(2)6(8)9-3/h4-6,10H,1-3H3,(H,11,12);3-4H,1-2H3. The van der Waals surface area contributed by atoms with E-state index < -0.39 is 60.4 Å². The van der Waals surface area contributed by atoms with Crippen molar-refractivity contribution in [3.05, 3.63) is 0 Å². The molecule has 0 saturated carbocycles. The Balaban J connectivity index is 0.000000531. The van der Waals surface area contributed by atoms with Crippen molar-refractivity contribution in [2.45, 2.75) is 65.1 Å². The highest BCUT2D eigenvalue weighted by Crippen LogP contribution is 2.08. The maximum atomic E-state index is 11.2. The summed E-state index contributed by atoms with van der Waals surface area (Å²) in [5.41, 5.74) is 0. The highest BCUT2D eigenvalue weighted by atomic mass is 16.6. The summed E-state index contributed by atoms with van der Waals surface area (Å²) in [7, 11) is 0. The molecule has 2 N–H and O–H groups in total. The minimum atomic E-state index is -1.35. The molecule has 11 nitrogen and oxygen atoms in total. The van der Waals surface area contributed by atoms with Gasteiger partial charge in [0.15, 0.2) is 24.4 Å². The lowest BCUT2D eigenvalue weighted by Gasteiger charge is -2.22. The van der Waals surface area contributed by atoms with Crippen molar-refractivity contribution < 1.29 is 53.1 Å². The fourth-order valence-electron chi connectivity index (χ4n) is 1.28. The third-order valence-corrected chi connectivity index (χ3v) is 2.86. The fourth-order valence-corrected chi connectivity index (χ4v) is 1.28. The van der Waals surface area contributed by atoms with Gasteiger partial charge in [0.2, 0.25) is 0 Å². The van der Waals surface area contributed by atoms with Gasteiger partial charge in [-0.05, 0) is 34.6 Å². The van der Waals surface area contributed by atoms with Gasteiger partial charge in [0.05, 0.1) is 0 Å². The predicted molar refractivity (Wildman–Crippen MR) is 81.5 cm³/mol. The summed E-state index contributed by atoms with van der Waals surface area (Å²) in [4.78, 5) is 53.7. The lowest BCUT2D eigenvalue weighted by Crippen LogP contribution is -2.40. The van der Waals surface area contributed by atoms with Crippen LogP contribution in [0.3, 0.4) is 0 Å². The van der Waals surface area contributed by atoms with Crippen LogP contribution in [-0.4, -0.2) is 70.6 Å². The van der Waals surface area contributed by atoms with Crippen LogP contribution in [0.5, 0.6) is 0 Å². The molecule has 5 atom stereocenters. The number of aliphatic hydroxyl groups excluding tert-OH is 1. The van der Waals surface area contributed by atoms with E-state index in [1.807, 2.05) is 0 Å². The van der Waals surface area contributed by atoms with Gasteiger partial charge in [-0.2, -0.15) is 0 Å². The second kappa shape index (κ2) is 10.3. The lowest BCUT2D eigenvalue weighted by molar-refractivity contribution is -0.191. The zero-order chi connectivity index (χ0) is 20.6. The van der Waals surface area contributed by atoms with Crippen LogP contribution in [0.2, 0.25) is 0 Å². The minimum Gasteiger partial charge on any atom is -0.479 e. The van der Waals surface area contributed by atoms with Crippen LogP contribution in [0.15, 0.2) is 0 Å². The Morgan fingerprint density at radius 3 is 1.62 bits per heavy atom. The monoisotopic (exact) mass is 378 g/mol. The molecule has 0 aromatic rings. The zero-order valence-electron chi connectivity index (χ0n) is 15.0. The summed E-state index contributed by atoms with van der Waals surface area (Å²) in [5.74, 6) is -4.22. The molecule has 0 amide bonds. The van der Waals surface area contributed by atoms with Gasteiger partial charge in [0, 0.05) is 0 Å². The molecule has 1 aliphatic rings. The Labute approximate surface area is 149 Å². The first-order chi connectivity index (χ1) is 11.9. The van der Waals surface area contributed by atoms with Crippen LogP contribution >= 0.6 is 0 Å². The summed E-state index contributed by atoms with van der Waals surface area (Å²) in [6, 6.07) is 0. The van der Waals surface area contributed by atoms with Crippen LogP contribution < -0.4 is 0 Å². The molecule has 1 aliphatic heterocycles. The Morgan fingerprint density at radius 1 is 0.885 bits per heavy atom. The number of rotatable bonds is 5. The van der Waals surface area contributed by atoms with Crippen molar-refractivity contribution in [1.82, 2.24) is 0 Å². The highest BCUT2D eigenvalue weighted by Gasteiger charge is 2.32. The Hall–Kier alpha value is -2.69. The Kier molecular flexibility index (Phi) is 9.27. The van der Waals surface area contributed by atoms with E-state index in [0.717, 1.165) is 0 Å². The first kappa shape index (κ1) is 23.3. The molecule has 0 aromatic heterocycles. The number of carbonyl (C=O) groups is 5. The number of hydrogen-bond acceptors (Lipinski definition) is 10. The van der Waals surface area contributed by atoms with Gasteiger partial charge in [-0.25, -0.2) is 24.0 Å². The van der Waals surface area contributed by atoms with Crippen LogP contribution in [0.1, 0.15) is 34.6 Å². The van der Waals surface area contributed by atoms with E-state index in [0.29, 0.717) is 0 Å². The average Bonchev–Trinajstić information content (AvgIpc) is 2.53. The van der Waals surface area contributed by atoms with E-state index in [9.17, 15) is 24.0 Å². The largest absolute Gasteiger partial charge is 0.479 e. The molecule has 26 heavy (non-hydrogen) atoms. The summed E-state index contributed by atoms with van der Waals surface area (Å²) < 4.78 is 18.1. The molecule has 1 fully saturated rings. The number of hydrogen-bond donors (Lipinski definition) is 2. The van der Waals surface area contributed by atoms with Crippen molar-refractivity contribution in [3.8, 4) is 0 Å². The molecule has 1 rings (SSSR count). The average molecular weight is 378 g/mol. The van der Waals surface area contributed by atoms with Gasteiger partial charge in [-0.3, -0.25) is 0 Å². The molecule has 1 heterocycles. The van der Waals surface area contributed by atoms with Gasteiger partial charge < -0.3 is 29.2 Å². The summed E-state index contributed by atoms with van der Waals surface area (Å²) in [6.45, 7) is 6.53. The maximum Gasteiger partial charge on any atom is 0.347 e. The van der Waals surface area contributed by atoms with Crippen molar-refractivity contribution in [1.29, 1.82) is 0 Å². The molecule has 0 aromatic carbocycles. The van der Waals surface area contributed by atoms with Crippen molar-refractivity contribution in [2.24, 2.45) is 0 Å². The zero-order valence-corrected chi connectivity index (χ0v) is 15.0. The molecule has 148 valence electrons. The second-order valence-corrected chi connectivity index (χ2v) is 5.33. The van der Waals surface area contributed by atoms with E-state index in [2.05, 4.69) is 18.9 Å². The molecule has 0 spiro atoms. The fraction of sp³-hybridized carbons (Fsp3) is 0.667. The number of aliphatic hydroxyl groups is 1. The third kappa shape index (κ3) is 7.92. The number of aliphatic carboxylic acids is 1. The number of carboxylic acids is 1. The second-order valence-electron chi connectivity index (χ2n) is 5.33. The number of carbonyl (C=O) groups excluding carboxylic acids is 4. The maximum absolute atomic E-state index is 11.2. The third-order valence-electron chi connectivity index (χ3n) is 2.86. The van der Waals surface area contributed by atoms with Gasteiger partial charge in [-0.15, -0.1) is 0 Å². The van der Waals surface area contributed by atoms with Crippen LogP contribution in [-0.2, 0) is 42.9 Å². The normalized spacial score (nSPS) is 22.4. The first-order valence-corrected chi connectivity index (χ1v) is 7.59. The van der Waals surface area contributed by atoms with E-state index in [-0.39, 0.29) is 0 Å².